The number of pyridine rings is 1. The summed E-state index contributed by atoms with van der Waals surface area (Å²) in [7, 11) is 0. The number of rotatable bonds is 2. The van der Waals surface area contributed by atoms with Crippen molar-refractivity contribution in [3.8, 4) is 11.3 Å². The van der Waals surface area contributed by atoms with Gasteiger partial charge in [-0.2, -0.15) is 0 Å². The van der Waals surface area contributed by atoms with E-state index in [4.69, 9.17) is 11.1 Å². The molecule has 0 bridgehead atoms. The highest BCUT2D eigenvalue weighted by Gasteiger charge is 2.03. The van der Waals surface area contributed by atoms with Crippen molar-refractivity contribution in [2.24, 2.45) is 5.73 Å². The second-order valence-electron chi connectivity index (χ2n) is 3.33. The number of hydrogen-bond donors (Lipinski definition) is 2. The minimum Gasteiger partial charge on any atom is -0.382 e. The summed E-state index contributed by atoms with van der Waals surface area (Å²) in [6.45, 7) is 0. The van der Waals surface area contributed by atoms with E-state index in [0.717, 1.165) is 0 Å². The van der Waals surface area contributed by atoms with Gasteiger partial charge in [0.2, 0.25) is 0 Å². The van der Waals surface area contributed by atoms with Crippen LogP contribution in [0, 0.1) is 11.2 Å². The van der Waals surface area contributed by atoms with Gasteiger partial charge < -0.3 is 5.73 Å². The van der Waals surface area contributed by atoms with Crippen molar-refractivity contribution in [3.05, 3.63) is 54.0 Å². The highest BCUT2D eigenvalue weighted by molar-refractivity contribution is 5.93. The van der Waals surface area contributed by atoms with E-state index in [-0.39, 0.29) is 11.7 Å². The molecule has 1 aromatic heterocycles. The van der Waals surface area contributed by atoms with Crippen molar-refractivity contribution in [1.82, 2.24) is 4.98 Å². The number of nitrogens with two attached hydrogens (primary N) is 1. The molecule has 0 radical (unpaired) electrons. The molecule has 0 amide bonds. The smallest absolute Gasteiger partial charge is 0.141 e. The molecule has 4 heteroatoms. The average molecular weight is 215 g/mol. The minimum atomic E-state index is -0.312. The molecule has 0 saturated heterocycles. The maximum atomic E-state index is 13.0. The number of amidine groups is 1. The molecule has 0 atom stereocenters. The lowest BCUT2D eigenvalue weighted by molar-refractivity contribution is 0.628. The van der Waals surface area contributed by atoms with E-state index in [1.54, 1.807) is 30.3 Å². The molecule has 2 aromatic rings. The predicted octanol–water partition coefficient (Wildman–Crippen LogP) is 2.17. The van der Waals surface area contributed by atoms with Crippen LogP contribution >= 0.6 is 0 Å². The zero-order valence-electron chi connectivity index (χ0n) is 8.44. The molecule has 16 heavy (non-hydrogen) atoms. The average Bonchev–Trinajstić information content (AvgIpc) is 2.29. The quantitative estimate of drug-likeness (QED) is 0.595. The first-order chi connectivity index (χ1) is 7.66. The number of halogens is 1. The SMILES string of the molecule is N=C(N)c1cccc(-c2cccc(F)c2)n1. The van der Waals surface area contributed by atoms with E-state index in [9.17, 15) is 4.39 Å². The number of nitrogen functional groups attached to an aromatic ring is 1. The van der Waals surface area contributed by atoms with E-state index in [1.165, 1.54) is 12.1 Å². The Bertz CT molecular complexity index is 537. The summed E-state index contributed by atoms with van der Waals surface area (Å²) in [5.74, 6) is -0.411. The van der Waals surface area contributed by atoms with Gasteiger partial charge in [-0.15, -0.1) is 0 Å². The number of hydrogen-bond acceptors (Lipinski definition) is 2. The molecule has 0 unspecified atom stereocenters. The topological polar surface area (TPSA) is 62.8 Å². The lowest BCUT2D eigenvalue weighted by atomic mass is 10.1. The van der Waals surface area contributed by atoms with Crippen LogP contribution in [0.3, 0.4) is 0 Å². The molecule has 0 aliphatic rings. The second kappa shape index (κ2) is 4.10. The molecule has 0 aliphatic heterocycles. The standard InChI is InChI=1S/C12H10FN3/c13-9-4-1-3-8(7-9)10-5-2-6-11(16-10)12(14)15/h1-7H,(H3,14,15). The maximum Gasteiger partial charge on any atom is 0.141 e. The number of aromatic nitrogens is 1. The van der Waals surface area contributed by atoms with Crippen LogP contribution < -0.4 is 5.73 Å². The van der Waals surface area contributed by atoms with Gasteiger partial charge in [-0.05, 0) is 24.3 Å². The highest BCUT2D eigenvalue weighted by atomic mass is 19.1. The van der Waals surface area contributed by atoms with Gasteiger partial charge in [0.25, 0.3) is 0 Å². The van der Waals surface area contributed by atoms with E-state index < -0.39 is 0 Å². The fourth-order valence-electron chi connectivity index (χ4n) is 1.39. The summed E-state index contributed by atoms with van der Waals surface area (Å²) in [5.41, 5.74) is 7.00. The zero-order valence-corrected chi connectivity index (χ0v) is 8.44. The summed E-state index contributed by atoms with van der Waals surface area (Å²) in [5, 5.41) is 7.28. The Morgan fingerprint density at radius 2 is 1.94 bits per heavy atom. The van der Waals surface area contributed by atoms with Gasteiger partial charge in [-0.25, -0.2) is 9.37 Å². The van der Waals surface area contributed by atoms with E-state index in [2.05, 4.69) is 4.98 Å². The first-order valence-electron chi connectivity index (χ1n) is 4.74. The van der Waals surface area contributed by atoms with Gasteiger partial charge in [0.1, 0.15) is 17.3 Å². The Morgan fingerprint density at radius 3 is 2.62 bits per heavy atom. The first-order valence-corrected chi connectivity index (χ1v) is 4.74. The van der Waals surface area contributed by atoms with Crippen molar-refractivity contribution in [1.29, 1.82) is 5.41 Å². The fraction of sp³-hybridized carbons (Fsp3) is 0. The molecular formula is C12H10FN3. The fourth-order valence-corrected chi connectivity index (χ4v) is 1.39. The van der Waals surface area contributed by atoms with E-state index in [0.29, 0.717) is 17.0 Å². The van der Waals surface area contributed by atoms with Gasteiger partial charge in [0.15, 0.2) is 0 Å². The molecule has 3 N–H and O–H groups in total. The van der Waals surface area contributed by atoms with E-state index >= 15 is 0 Å². The van der Waals surface area contributed by atoms with Crippen molar-refractivity contribution in [3.63, 3.8) is 0 Å². The molecule has 2 rings (SSSR count). The molecule has 0 aliphatic carbocycles. The lowest BCUT2D eigenvalue weighted by Gasteiger charge is -2.03. The van der Waals surface area contributed by atoms with Crippen LogP contribution in [0.25, 0.3) is 11.3 Å². The third kappa shape index (κ3) is 2.06. The lowest BCUT2D eigenvalue weighted by Crippen LogP contribution is -2.13. The number of nitrogens with zero attached hydrogens (tertiary/aromatic N) is 1. The molecule has 3 nitrogen and oxygen atoms in total. The normalized spacial score (nSPS) is 10.1. The number of benzene rings is 1. The Kier molecular flexibility index (Phi) is 2.64. The first kappa shape index (κ1) is 10.3. The van der Waals surface area contributed by atoms with Gasteiger partial charge in [-0.3, -0.25) is 5.41 Å². The van der Waals surface area contributed by atoms with Crippen LogP contribution in [-0.4, -0.2) is 10.8 Å². The summed E-state index contributed by atoms with van der Waals surface area (Å²) < 4.78 is 13.0. The molecule has 1 heterocycles. The van der Waals surface area contributed by atoms with E-state index in [1.807, 2.05) is 0 Å². The monoisotopic (exact) mass is 215 g/mol. The van der Waals surface area contributed by atoms with Gasteiger partial charge in [-0.1, -0.05) is 18.2 Å². The largest absolute Gasteiger partial charge is 0.382 e. The van der Waals surface area contributed by atoms with Crippen LogP contribution in [0.1, 0.15) is 5.69 Å². The van der Waals surface area contributed by atoms with Crippen LogP contribution in [0.2, 0.25) is 0 Å². The highest BCUT2D eigenvalue weighted by Crippen LogP contribution is 2.17. The Hall–Kier alpha value is -2.23. The zero-order chi connectivity index (χ0) is 11.5. The molecular weight excluding hydrogens is 205 g/mol. The Balaban J connectivity index is 2.48. The van der Waals surface area contributed by atoms with Gasteiger partial charge >= 0.3 is 0 Å². The molecule has 80 valence electrons. The Labute approximate surface area is 92.3 Å². The van der Waals surface area contributed by atoms with Crippen LogP contribution in [0.15, 0.2) is 42.5 Å². The summed E-state index contributed by atoms with van der Waals surface area (Å²) in [6.07, 6.45) is 0. The van der Waals surface area contributed by atoms with Crippen molar-refractivity contribution < 1.29 is 4.39 Å². The van der Waals surface area contributed by atoms with Gasteiger partial charge in [0.05, 0.1) is 5.69 Å². The molecule has 0 spiro atoms. The summed E-state index contributed by atoms with van der Waals surface area (Å²) >= 11 is 0. The minimum absolute atomic E-state index is 0.0988. The second-order valence-corrected chi connectivity index (χ2v) is 3.33. The van der Waals surface area contributed by atoms with Crippen LogP contribution in [0.4, 0.5) is 4.39 Å². The van der Waals surface area contributed by atoms with Crippen molar-refractivity contribution in [2.45, 2.75) is 0 Å². The predicted molar refractivity (Wildman–Crippen MR) is 60.6 cm³/mol. The molecule has 1 aromatic carbocycles. The molecule has 0 fully saturated rings. The van der Waals surface area contributed by atoms with Crippen LogP contribution in [0.5, 0.6) is 0 Å². The maximum absolute atomic E-state index is 13.0. The summed E-state index contributed by atoms with van der Waals surface area (Å²) in [6, 6.07) is 11.3. The van der Waals surface area contributed by atoms with Crippen LogP contribution in [-0.2, 0) is 0 Å². The number of nitrogens with one attached hydrogen (secondary N) is 1. The van der Waals surface area contributed by atoms with Crippen molar-refractivity contribution >= 4 is 5.84 Å². The van der Waals surface area contributed by atoms with Gasteiger partial charge in [0, 0.05) is 5.56 Å². The third-order valence-electron chi connectivity index (χ3n) is 2.15. The third-order valence-corrected chi connectivity index (χ3v) is 2.15. The Morgan fingerprint density at radius 1 is 1.19 bits per heavy atom. The summed E-state index contributed by atoms with van der Waals surface area (Å²) in [4.78, 5) is 4.17. The van der Waals surface area contributed by atoms with Crippen molar-refractivity contribution in [2.75, 3.05) is 0 Å². The molecule has 0 saturated carbocycles.